The molecule has 100 valence electrons. The van der Waals surface area contributed by atoms with E-state index in [4.69, 9.17) is 4.74 Å². The molecular weight excluding hydrogens is 244 g/mol. The number of amides is 3. The summed E-state index contributed by atoms with van der Waals surface area (Å²) < 4.78 is 5.86. The molecule has 3 amide bonds. The van der Waals surface area contributed by atoms with Crippen molar-refractivity contribution in [3.63, 3.8) is 0 Å². The molecule has 0 radical (unpaired) electrons. The van der Waals surface area contributed by atoms with Gasteiger partial charge >= 0.3 is 6.03 Å². The largest absolute Gasteiger partial charge is 0.487 e. The second-order valence-corrected chi connectivity index (χ2v) is 5.89. The molecule has 2 aliphatic heterocycles. The molecule has 19 heavy (non-hydrogen) atoms. The molecule has 5 nitrogen and oxygen atoms in total. The van der Waals surface area contributed by atoms with Crippen molar-refractivity contribution in [3.8, 4) is 5.75 Å². The predicted octanol–water partition coefficient (Wildman–Crippen LogP) is 1.45. The molecule has 1 aromatic rings. The molecule has 5 heteroatoms. The molecular formula is C14H16N2O3. The van der Waals surface area contributed by atoms with E-state index in [2.05, 4.69) is 10.6 Å². The highest BCUT2D eigenvalue weighted by atomic mass is 16.5. The van der Waals surface area contributed by atoms with Crippen LogP contribution in [0.25, 0.3) is 0 Å². The highest BCUT2D eigenvalue weighted by molar-refractivity contribution is 6.07. The highest BCUT2D eigenvalue weighted by Gasteiger charge is 2.44. The fourth-order valence-electron chi connectivity index (χ4n) is 2.65. The van der Waals surface area contributed by atoms with Gasteiger partial charge in [0, 0.05) is 6.42 Å². The van der Waals surface area contributed by atoms with Crippen molar-refractivity contribution < 1.29 is 14.3 Å². The molecule has 0 saturated carbocycles. The summed E-state index contributed by atoms with van der Waals surface area (Å²) in [4.78, 5) is 23.2. The maximum atomic E-state index is 11.9. The Morgan fingerprint density at radius 3 is 2.58 bits per heavy atom. The molecule has 3 rings (SSSR count). The third-order valence-electron chi connectivity index (χ3n) is 3.69. The number of nitrogens with one attached hydrogen (secondary N) is 2. The molecule has 2 aliphatic rings. The highest BCUT2D eigenvalue weighted by Crippen LogP contribution is 2.37. The maximum Gasteiger partial charge on any atom is 0.322 e. The van der Waals surface area contributed by atoms with Crippen LogP contribution in [0.5, 0.6) is 5.75 Å². The van der Waals surface area contributed by atoms with Crippen LogP contribution in [0.2, 0.25) is 0 Å². The molecule has 2 N–H and O–H groups in total. The number of rotatable bonds is 1. The van der Waals surface area contributed by atoms with Gasteiger partial charge < -0.3 is 10.1 Å². The summed E-state index contributed by atoms with van der Waals surface area (Å²) >= 11 is 0. The van der Waals surface area contributed by atoms with Crippen LogP contribution in [0.15, 0.2) is 18.2 Å². The van der Waals surface area contributed by atoms with Crippen molar-refractivity contribution in [1.82, 2.24) is 10.6 Å². The van der Waals surface area contributed by atoms with E-state index in [1.807, 2.05) is 32.0 Å². The van der Waals surface area contributed by atoms with Gasteiger partial charge in [-0.25, -0.2) is 4.79 Å². The second kappa shape index (κ2) is 3.50. The predicted molar refractivity (Wildman–Crippen MR) is 68.9 cm³/mol. The van der Waals surface area contributed by atoms with E-state index >= 15 is 0 Å². The standard InChI is InChI=1S/C14H16N2O3/c1-13(2)7-8-4-5-9(6-10(8)19-13)14(3)11(17)15-12(18)16-14/h4-6H,7H2,1-3H3,(H2,15,16,17,18). The Labute approximate surface area is 111 Å². The number of hydrogen-bond acceptors (Lipinski definition) is 3. The van der Waals surface area contributed by atoms with Crippen LogP contribution in [0, 0.1) is 0 Å². The van der Waals surface area contributed by atoms with E-state index < -0.39 is 11.6 Å². The van der Waals surface area contributed by atoms with E-state index in [1.54, 1.807) is 6.92 Å². The topological polar surface area (TPSA) is 67.4 Å². The van der Waals surface area contributed by atoms with Gasteiger partial charge in [0.1, 0.15) is 16.9 Å². The number of fused-ring (bicyclic) bond motifs is 1. The molecule has 0 spiro atoms. The minimum atomic E-state index is -1.03. The first-order chi connectivity index (χ1) is 8.80. The molecule has 1 aromatic carbocycles. The SMILES string of the molecule is CC1(C)Cc2ccc(C3(C)NC(=O)NC3=O)cc2O1. The Morgan fingerprint density at radius 2 is 1.95 bits per heavy atom. The summed E-state index contributed by atoms with van der Waals surface area (Å²) in [5.41, 5.74) is 0.611. The monoisotopic (exact) mass is 260 g/mol. The summed E-state index contributed by atoms with van der Waals surface area (Å²) in [6.45, 7) is 5.74. The van der Waals surface area contributed by atoms with Gasteiger partial charge in [0.05, 0.1) is 0 Å². The maximum absolute atomic E-state index is 11.9. The average molecular weight is 260 g/mol. The Kier molecular flexibility index (Phi) is 2.21. The average Bonchev–Trinajstić information content (AvgIpc) is 2.73. The van der Waals surface area contributed by atoms with Gasteiger partial charge in [-0.15, -0.1) is 0 Å². The molecule has 1 fully saturated rings. The van der Waals surface area contributed by atoms with Crippen LogP contribution >= 0.6 is 0 Å². The normalized spacial score (nSPS) is 27.5. The van der Waals surface area contributed by atoms with Crippen LogP contribution in [0.1, 0.15) is 31.9 Å². The summed E-state index contributed by atoms with van der Waals surface area (Å²) in [7, 11) is 0. The van der Waals surface area contributed by atoms with Crippen molar-refractivity contribution in [2.24, 2.45) is 0 Å². The van der Waals surface area contributed by atoms with E-state index in [0.29, 0.717) is 0 Å². The lowest BCUT2D eigenvalue weighted by atomic mass is 9.90. The Morgan fingerprint density at radius 1 is 1.21 bits per heavy atom. The number of benzene rings is 1. The zero-order valence-corrected chi connectivity index (χ0v) is 11.2. The third kappa shape index (κ3) is 1.77. The number of imide groups is 1. The van der Waals surface area contributed by atoms with Gasteiger partial charge in [-0.3, -0.25) is 10.1 Å². The molecule has 0 aliphatic carbocycles. The van der Waals surface area contributed by atoms with Crippen molar-refractivity contribution in [1.29, 1.82) is 0 Å². The van der Waals surface area contributed by atoms with Crippen LogP contribution in [0.3, 0.4) is 0 Å². The molecule has 1 unspecified atom stereocenters. The first-order valence-electron chi connectivity index (χ1n) is 6.26. The number of ether oxygens (including phenoxy) is 1. The Bertz CT molecular complexity index is 594. The second-order valence-electron chi connectivity index (χ2n) is 5.89. The summed E-state index contributed by atoms with van der Waals surface area (Å²) in [6.07, 6.45) is 0.845. The van der Waals surface area contributed by atoms with Crippen molar-refractivity contribution in [2.45, 2.75) is 38.3 Å². The van der Waals surface area contributed by atoms with Crippen LogP contribution in [0.4, 0.5) is 4.79 Å². The lowest BCUT2D eigenvalue weighted by Crippen LogP contribution is -2.40. The smallest absolute Gasteiger partial charge is 0.322 e. The zero-order valence-electron chi connectivity index (χ0n) is 11.2. The van der Waals surface area contributed by atoms with Gasteiger partial charge in [0.25, 0.3) is 5.91 Å². The first-order valence-corrected chi connectivity index (χ1v) is 6.26. The summed E-state index contributed by atoms with van der Waals surface area (Å²) in [5, 5.41) is 4.91. The Balaban J connectivity index is 2.01. The summed E-state index contributed by atoms with van der Waals surface area (Å²) in [5.74, 6) is 0.451. The minimum Gasteiger partial charge on any atom is -0.487 e. The molecule has 1 saturated heterocycles. The molecule has 2 heterocycles. The molecule has 0 bridgehead atoms. The van der Waals surface area contributed by atoms with Crippen molar-refractivity contribution in [2.75, 3.05) is 0 Å². The van der Waals surface area contributed by atoms with E-state index in [1.165, 1.54) is 0 Å². The third-order valence-corrected chi connectivity index (χ3v) is 3.69. The van der Waals surface area contributed by atoms with Crippen LogP contribution < -0.4 is 15.4 Å². The van der Waals surface area contributed by atoms with Crippen LogP contribution in [-0.4, -0.2) is 17.5 Å². The van der Waals surface area contributed by atoms with Gasteiger partial charge in [-0.1, -0.05) is 12.1 Å². The fraction of sp³-hybridized carbons (Fsp3) is 0.429. The lowest BCUT2D eigenvalue weighted by molar-refractivity contribution is -0.123. The lowest BCUT2D eigenvalue weighted by Gasteiger charge is -2.22. The number of urea groups is 1. The molecule has 1 atom stereocenters. The number of carbonyl (C=O) groups is 2. The van der Waals surface area contributed by atoms with E-state index in [-0.39, 0.29) is 11.5 Å². The zero-order chi connectivity index (χ0) is 13.8. The van der Waals surface area contributed by atoms with Gasteiger partial charge in [-0.05, 0) is 38.0 Å². The Hall–Kier alpha value is -2.04. The van der Waals surface area contributed by atoms with E-state index in [9.17, 15) is 9.59 Å². The van der Waals surface area contributed by atoms with Crippen molar-refractivity contribution in [3.05, 3.63) is 29.3 Å². The number of carbonyl (C=O) groups excluding carboxylic acids is 2. The molecule has 0 aromatic heterocycles. The minimum absolute atomic E-state index is 0.219. The van der Waals surface area contributed by atoms with Crippen molar-refractivity contribution >= 4 is 11.9 Å². The van der Waals surface area contributed by atoms with Gasteiger partial charge in [-0.2, -0.15) is 0 Å². The number of hydrogen-bond donors (Lipinski definition) is 2. The first kappa shape index (κ1) is 12.0. The van der Waals surface area contributed by atoms with Gasteiger partial charge in [0.2, 0.25) is 0 Å². The summed E-state index contributed by atoms with van der Waals surface area (Å²) in [6, 6.07) is 5.21. The van der Waals surface area contributed by atoms with Gasteiger partial charge in [0.15, 0.2) is 0 Å². The quantitative estimate of drug-likeness (QED) is 0.751. The van der Waals surface area contributed by atoms with E-state index in [0.717, 1.165) is 23.3 Å². The fourth-order valence-corrected chi connectivity index (χ4v) is 2.65. The van der Waals surface area contributed by atoms with Crippen LogP contribution in [-0.2, 0) is 16.8 Å².